The van der Waals surface area contributed by atoms with Crippen LogP contribution in [0.15, 0.2) is 6.07 Å². The third-order valence-corrected chi connectivity index (χ3v) is 4.00. The number of rotatable bonds is 3. The third-order valence-electron chi connectivity index (χ3n) is 4.00. The summed E-state index contributed by atoms with van der Waals surface area (Å²) >= 11 is 0. The molecular formula is C12H18N4O. The van der Waals surface area contributed by atoms with Gasteiger partial charge in [0.25, 0.3) is 0 Å². The average Bonchev–Trinajstić information content (AvgIpc) is 2.90. The van der Waals surface area contributed by atoms with E-state index in [2.05, 4.69) is 15.3 Å². The van der Waals surface area contributed by atoms with Crippen molar-refractivity contribution < 1.29 is 4.74 Å². The number of nitrogens with zero attached hydrogens (tertiary/aromatic N) is 2. The van der Waals surface area contributed by atoms with Crippen molar-refractivity contribution in [2.45, 2.75) is 31.7 Å². The molecule has 0 saturated heterocycles. The van der Waals surface area contributed by atoms with Crippen LogP contribution >= 0.6 is 0 Å². The highest BCUT2D eigenvalue weighted by Crippen LogP contribution is 2.45. The van der Waals surface area contributed by atoms with Gasteiger partial charge in [0.2, 0.25) is 11.8 Å². The molecule has 3 rings (SSSR count). The molecule has 2 bridgehead atoms. The molecule has 3 atom stereocenters. The zero-order valence-electron chi connectivity index (χ0n) is 10.0. The fraction of sp³-hybridized carbons (Fsp3) is 0.667. The van der Waals surface area contributed by atoms with Gasteiger partial charge >= 0.3 is 0 Å². The Labute approximate surface area is 101 Å². The van der Waals surface area contributed by atoms with Crippen LogP contribution in [0.3, 0.4) is 0 Å². The molecule has 0 aliphatic heterocycles. The Morgan fingerprint density at radius 2 is 2.24 bits per heavy atom. The first-order valence-electron chi connectivity index (χ1n) is 6.19. The van der Waals surface area contributed by atoms with Gasteiger partial charge in [-0.25, -0.2) is 0 Å². The second kappa shape index (κ2) is 4.05. The van der Waals surface area contributed by atoms with Gasteiger partial charge in [0.05, 0.1) is 7.11 Å². The maximum absolute atomic E-state index is 5.64. The van der Waals surface area contributed by atoms with E-state index in [4.69, 9.17) is 10.5 Å². The van der Waals surface area contributed by atoms with E-state index >= 15 is 0 Å². The molecule has 2 aliphatic rings. The monoisotopic (exact) mass is 234 g/mol. The van der Waals surface area contributed by atoms with E-state index in [9.17, 15) is 0 Å². The van der Waals surface area contributed by atoms with Crippen molar-refractivity contribution in [2.75, 3.05) is 18.2 Å². The van der Waals surface area contributed by atoms with Gasteiger partial charge in [0.1, 0.15) is 5.82 Å². The van der Waals surface area contributed by atoms with Crippen molar-refractivity contribution in [1.29, 1.82) is 0 Å². The van der Waals surface area contributed by atoms with Crippen LogP contribution < -0.4 is 15.8 Å². The molecule has 3 unspecified atom stereocenters. The molecule has 17 heavy (non-hydrogen) atoms. The molecule has 1 aromatic heterocycles. The zero-order valence-corrected chi connectivity index (χ0v) is 10.0. The fourth-order valence-electron chi connectivity index (χ4n) is 3.23. The summed E-state index contributed by atoms with van der Waals surface area (Å²) in [5.41, 5.74) is 5.64. The van der Waals surface area contributed by atoms with Gasteiger partial charge < -0.3 is 15.8 Å². The quantitative estimate of drug-likeness (QED) is 0.832. The van der Waals surface area contributed by atoms with Crippen molar-refractivity contribution in [2.24, 2.45) is 11.8 Å². The molecule has 0 amide bonds. The van der Waals surface area contributed by atoms with Crippen LogP contribution in [0.4, 0.5) is 11.8 Å². The van der Waals surface area contributed by atoms with E-state index < -0.39 is 0 Å². The first kappa shape index (κ1) is 10.6. The summed E-state index contributed by atoms with van der Waals surface area (Å²) < 4.78 is 5.09. The van der Waals surface area contributed by atoms with Crippen molar-refractivity contribution in [1.82, 2.24) is 9.97 Å². The van der Waals surface area contributed by atoms with Gasteiger partial charge in [0, 0.05) is 12.1 Å². The van der Waals surface area contributed by atoms with Crippen molar-refractivity contribution in [3.05, 3.63) is 6.07 Å². The number of nitrogens with two attached hydrogens (primary N) is 1. The number of methoxy groups -OCH3 is 1. The van der Waals surface area contributed by atoms with E-state index in [-0.39, 0.29) is 5.95 Å². The van der Waals surface area contributed by atoms with Gasteiger partial charge in [0.15, 0.2) is 0 Å². The number of fused-ring (bicyclic) bond motifs is 2. The topological polar surface area (TPSA) is 73.1 Å². The Morgan fingerprint density at radius 1 is 1.35 bits per heavy atom. The summed E-state index contributed by atoms with van der Waals surface area (Å²) in [4.78, 5) is 8.18. The average molecular weight is 234 g/mol. The molecule has 0 aromatic carbocycles. The summed E-state index contributed by atoms with van der Waals surface area (Å²) in [6, 6.07) is 2.36. The van der Waals surface area contributed by atoms with Gasteiger partial charge in [-0.05, 0) is 31.1 Å². The predicted octanol–water partition coefficient (Wildman–Crippen LogP) is 1.67. The number of ether oxygens (including phenoxy) is 1. The summed E-state index contributed by atoms with van der Waals surface area (Å²) in [5.74, 6) is 3.28. The highest BCUT2D eigenvalue weighted by Gasteiger charge is 2.39. The lowest BCUT2D eigenvalue weighted by Crippen LogP contribution is -2.26. The molecule has 1 heterocycles. The molecule has 2 aliphatic carbocycles. The minimum atomic E-state index is 0.259. The SMILES string of the molecule is COc1cc(NC2CC3CCC2C3)nc(N)n1. The Bertz CT molecular complexity index is 423. The normalized spacial score (nSPS) is 30.5. The molecule has 0 spiro atoms. The highest BCUT2D eigenvalue weighted by atomic mass is 16.5. The lowest BCUT2D eigenvalue weighted by Gasteiger charge is -2.23. The van der Waals surface area contributed by atoms with E-state index in [0.717, 1.165) is 17.7 Å². The minimum absolute atomic E-state index is 0.259. The number of hydrogen-bond donors (Lipinski definition) is 2. The van der Waals surface area contributed by atoms with Crippen LogP contribution in [0.5, 0.6) is 5.88 Å². The number of nitrogen functional groups attached to an aromatic ring is 1. The summed E-state index contributed by atoms with van der Waals surface area (Å²) in [6.45, 7) is 0. The standard InChI is InChI=1S/C12H18N4O/c1-17-11-6-10(15-12(13)16-11)14-9-5-7-2-3-8(9)4-7/h6-9H,2-5H2,1H3,(H3,13,14,15,16). The van der Waals surface area contributed by atoms with E-state index in [1.807, 2.05) is 6.07 Å². The summed E-state index contributed by atoms with van der Waals surface area (Å²) in [6.07, 6.45) is 5.38. The van der Waals surface area contributed by atoms with Gasteiger partial charge in [-0.3, -0.25) is 0 Å². The lowest BCUT2D eigenvalue weighted by atomic mass is 9.95. The lowest BCUT2D eigenvalue weighted by molar-refractivity contribution is 0.397. The molecule has 5 heteroatoms. The number of nitrogens with one attached hydrogen (secondary N) is 1. The number of anilines is 2. The minimum Gasteiger partial charge on any atom is -0.481 e. The molecule has 0 radical (unpaired) electrons. The number of hydrogen-bond acceptors (Lipinski definition) is 5. The largest absolute Gasteiger partial charge is 0.481 e. The van der Waals surface area contributed by atoms with Crippen molar-refractivity contribution >= 4 is 11.8 Å². The fourth-order valence-corrected chi connectivity index (χ4v) is 3.23. The van der Waals surface area contributed by atoms with E-state index in [0.29, 0.717) is 11.9 Å². The maximum Gasteiger partial charge on any atom is 0.225 e. The first-order valence-corrected chi connectivity index (χ1v) is 6.19. The van der Waals surface area contributed by atoms with Gasteiger partial charge in [-0.1, -0.05) is 6.42 Å². The second-order valence-electron chi connectivity index (χ2n) is 5.08. The van der Waals surface area contributed by atoms with Crippen LogP contribution in [0.1, 0.15) is 25.7 Å². The van der Waals surface area contributed by atoms with E-state index in [1.165, 1.54) is 25.7 Å². The van der Waals surface area contributed by atoms with Crippen LogP contribution in [0, 0.1) is 11.8 Å². The Balaban J connectivity index is 1.74. The summed E-state index contributed by atoms with van der Waals surface area (Å²) in [5, 5.41) is 3.48. The molecule has 2 fully saturated rings. The molecule has 5 nitrogen and oxygen atoms in total. The maximum atomic E-state index is 5.64. The van der Waals surface area contributed by atoms with E-state index in [1.54, 1.807) is 7.11 Å². The van der Waals surface area contributed by atoms with Gasteiger partial charge in [-0.15, -0.1) is 0 Å². The van der Waals surface area contributed by atoms with Gasteiger partial charge in [-0.2, -0.15) is 9.97 Å². The molecule has 2 saturated carbocycles. The second-order valence-corrected chi connectivity index (χ2v) is 5.08. The van der Waals surface area contributed by atoms with Crippen LogP contribution in [-0.2, 0) is 0 Å². The molecule has 1 aromatic rings. The third kappa shape index (κ3) is 2.01. The van der Waals surface area contributed by atoms with Crippen LogP contribution in [0.2, 0.25) is 0 Å². The molecule has 3 N–H and O–H groups in total. The zero-order chi connectivity index (χ0) is 11.8. The predicted molar refractivity (Wildman–Crippen MR) is 65.9 cm³/mol. The molecule has 92 valence electrons. The highest BCUT2D eigenvalue weighted by molar-refractivity contribution is 5.44. The first-order chi connectivity index (χ1) is 8.24. The van der Waals surface area contributed by atoms with Crippen molar-refractivity contribution in [3.63, 3.8) is 0 Å². The van der Waals surface area contributed by atoms with Crippen LogP contribution in [-0.4, -0.2) is 23.1 Å². The Hall–Kier alpha value is -1.52. The molecular weight excluding hydrogens is 216 g/mol. The summed E-state index contributed by atoms with van der Waals surface area (Å²) in [7, 11) is 1.59. The van der Waals surface area contributed by atoms with Crippen LogP contribution in [0.25, 0.3) is 0 Å². The van der Waals surface area contributed by atoms with Crippen molar-refractivity contribution in [3.8, 4) is 5.88 Å². The Kier molecular flexibility index (Phi) is 2.53. The Morgan fingerprint density at radius 3 is 2.88 bits per heavy atom. The number of aromatic nitrogens is 2. The smallest absolute Gasteiger partial charge is 0.225 e.